The first kappa shape index (κ1) is 29.4. The molecular weight excluding hydrogens is 416 g/mol. The Labute approximate surface area is 202 Å². The molecule has 1 N–H and O–H groups in total. The molecule has 6 nitrogen and oxygen atoms in total. The first-order chi connectivity index (χ1) is 14.7. The highest BCUT2D eigenvalue weighted by Crippen LogP contribution is 2.38. The number of ether oxygens (including phenoxy) is 2. The topological polar surface area (TPSA) is 67.9 Å². The maximum atomic E-state index is 11.6. The Bertz CT molecular complexity index is 730. The minimum absolute atomic E-state index is 0.00176. The Balaban J connectivity index is 0.000000331. The van der Waals surface area contributed by atoms with E-state index in [1.54, 1.807) is 13.8 Å². The van der Waals surface area contributed by atoms with Crippen LogP contribution in [0.2, 0.25) is 0 Å². The molecule has 0 spiro atoms. The molecule has 0 aromatic carbocycles. The molecule has 190 valence electrons. The summed E-state index contributed by atoms with van der Waals surface area (Å²) < 4.78 is 11.0. The summed E-state index contributed by atoms with van der Waals surface area (Å²) in [4.78, 5) is 25.4. The van der Waals surface area contributed by atoms with E-state index in [2.05, 4.69) is 85.8 Å². The summed E-state index contributed by atoms with van der Waals surface area (Å²) in [5.74, 6) is -0.551. The highest BCUT2D eigenvalue weighted by atomic mass is 16.5. The van der Waals surface area contributed by atoms with Gasteiger partial charge in [-0.25, -0.2) is 9.59 Å². The molecule has 0 saturated carbocycles. The summed E-state index contributed by atoms with van der Waals surface area (Å²) in [5, 5.41) is 3.55. The van der Waals surface area contributed by atoms with Gasteiger partial charge in [-0.3, -0.25) is 4.90 Å². The molecule has 2 heterocycles. The molecular formula is C27H48N2O4. The van der Waals surface area contributed by atoms with Crippen LogP contribution in [0, 0.1) is 0 Å². The zero-order valence-corrected chi connectivity index (χ0v) is 23.0. The number of carbonyl (C=O) groups excluding carboxylic acids is 2. The quantitative estimate of drug-likeness (QED) is 0.457. The molecule has 2 saturated heterocycles. The number of nitrogens with zero attached hydrogens (tertiary/aromatic N) is 1. The Morgan fingerprint density at radius 3 is 1.33 bits per heavy atom. The fourth-order valence-corrected chi connectivity index (χ4v) is 5.18. The number of nitrogens with one attached hydrogen (secondary N) is 1. The second-order valence-electron chi connectivity index (χ2n) is 12.5. The minimum atomic E-state index is -0.279. The molecule has 6 heteroatoms. The summed E-state index contributed by atoms with van der Waals surface area (Å²) in [7, 11) is 2.14. The van der Waals surface area contributed by atoms with E-state index >= 15 is 0 Å². The summed E-state index contributed by atoms with van der Waals surface area (Å²) in [6.45, 7) is 27.9. The summed E-state index contributed by atoms with van der Waals surface area (Å²) in [6.07, 6.45) is 3.39. The third-order valence-electron chi connectivity index (χ3n) is 6.67. The lowest BCUT2D eigenvalue weighted by Crippen LogP contribution is -2.60. The number of rotatable bonds is 4. The third-order valence-corrected chi connectivity index (χ3v) is 6.67. The smallest absolute Gasteiger partial charge is 0.333 e. The van der Waals surface area contributed by atoms with Crippen molar-refractivity contribution in [2.75, 3.05) is 7.05 Å². The van der Waals surface area contributed by atoms with Crippen LogP contribution in [0.3, 0.4) is 0 Å². The number of hydrogen-bond acceptors (Lipinski definition) is 6. The average molecular weight is 465 g/mol. The van der Waals surface area contributed by atoms with Gasteiger partial charge < -0.3 is 14.8 Å². The van der Waals surface area contributed by atoms with Gasteiger partial charge in [-0.15, -0.1) is 0 Å². The van der Waals surface area contributed by atoms with E-state index in [1.165, 1.54) is 0 Å². The molecule has 0 unspecified atom stereocenters. The van der Waals surface area contributed by atoms with Gasteiger partial charge in [0.1, 0.15) is 12.2 Å². The molecule has 2 fully saturated rings. The van der Waals surface area contributed by atoms with Crippen molar-refractivity contribution in [2.45, 2.75) is 129 Å². The van der Waals surface area contributed by atoms with E-state index in [9.17, 15) is 9.59 Å². The summed E-state index contributed by atoms with van der Waals surface area (Å²) in [5.41, 5.74) is 1.03. The summed E-state index contributed by atoms with van der Waals surface area (Å²) in [6, 6.07) is 0. The molecule has 2 rings (SSSR count). The summed E-state index contributed by atoms with van der Waals surface area (Å²) >= 11 is 0. The predicted molar refractivity (Wildman–Crippen MR) is 135 cm³/mol. The van der Waals surface area contributed by atoms with Crippen LogP contribution in [0.15, 0.2) is 24.3 Å². The largest absolute Gasteiger partial charge is 0.459 e. The van der Waals surface area contributed by atoms with Gasteiger partial charge in [0, 0.05) is 59.0 Å². The maximum Gasteiger partial charge on any atom is 0.333 e. The van der Waals surface area contributed by atoms with Gasteiger partial charge in [0.05, 0.1) is 0 Å². The van der Waals surface area contributed by atoms with Crippen LogP contribution < -0.4 is 5.32 Å². The molecule has 0 amide bonds. The van der Waals surface area contributed by atoms with E-state index in [0.717, 1.165) is 25.7 Å². The number of hydrogen-bond donors (Lipinski definition) is 1. The van der Waals surface area contributed by atoms with Crippen LogP contribution in [0.4, 0.5) is 0 Å². The zero-order valence-electron chi connectivity index (χ0n) is 23.0. The monoisotopic (exact) mass is 464 g/mol. The fraction of sp³-hybridized carbons (Fsp3) is 0.778. The highest BCUT2D eigenvalue weighted by molar-refractivity contribution is 5.87. The van der Waals surface area contributed by atoms with E-state index in [-0.39, 0.29) is 46.3 Å². The first-order valence-corrected chi connectivity index (χ1v) is 11.9. The van der Waals surface area contributed by atoms with Crippen molar-refractivity contribution in [3.8, 4) is 0 Å². The standard InChI is InChI=1S/C14H25NO2.C13H23NO2/c1-10(2)12(16)17-11-8-13(3,4)15(7)14(5,6)9-11;1-9(2)11(15)16-10-7-12(3,4)14-13(5,6)8-10/h11H,1,8-9H2,2-7H3;10,14H,1,7-8H2,2-6H3. The van der Waals surface area contributed by atoms with Gasteiger partial charge >= 0.3 is 11.9 Å². The normalized spacial score (nSPS) is 24.1. The van der Waals surface area contributed by atoms with Crippen LogP contribution in [0.1, 0.15) is 94.9 Å². The van der Waals surface area contributed by atoms with Crippen LogP contribution >= 0.6 is 0 Å². The highest BCUT2D eigenvalue weighted by Gasteiger charge is 2.44. The Kier molecular flexibility index (Phi) is 9.17. The van der Waals surface area contributed by atoms with E-state index in [1.807, 2.05) is 0 Å². The Morgan fingerprint density at radius 1 is 0.727 bits per heavy atom. The van der Waals surface area contributed by atoms with Crippen LogP contribution in [-0.4, -0.2) is 58.2 Å². The van der Waals surface area contributed by atoms with Crippen molar-refractivity contribution < 1.29 is 19.1 Å². The van der Waals surface area contributed by atoms with Crippen molar-refractivity contribution in [2.24, 2.45) is 0 Å². The molecule has 0 atom stereocenters. The lowest BCUT2D eigenvalue weighted by Gasteiger charge is -2.53. The van der Waals surface area contributed by atoms with Crippen LogP contribution in [-0.2, 0) is 19.1 Å². The third kappa shape index (κ3) is 8.90. The van der Waals surface area contributed by atoms with Gasteiger partial charge in [-0.05, 0) is 76.3 Å². The van der Waals surface area contributed by atoms with Gasteiger partial charge in [0.15, 0.2) is 0 Å². The van der Waals surface area contributed by atoms with Gasteiger partial charge in [0.25, 0.3) is 0 Å². The first-order valence-electron chi connectivity index (χ1n) is 11.9. The van der Waals surface area contributed by atoms with E-state index in [0.29, 0.717) is 11.1 Å². The SMILES string of the molecule is C=C(C)C(=O)OC1CC(C)(C)N(C)C(C)(C)C1.C=C(C)C(=O)OC1CC(C)(C)NC(C)(C)C1. The predicted octanol–water partition coefficient (Wildman–Crippen LogP) is 5.17. The van der Waals surface area contributed by atoms with Crippen LogP contribution in [0.25, 0.3) is 0 Å². The molecule has 33 heavy (non-hydrogen) atoms. The number of likely N-dealkylation sites (tertiary alicyclic amines) is 1. The molecule has 2 aliphatic rings. The molecule has 0 bridgehead atoms. The minimum Gasteiger partial charge on any atom is -0.459 e. The Morgan fingerprint density at radius 2 is 1.03 bits per heavy atom. The number of carbonyl (C=O) groups is 2. The molecule has 0 aromatic heterocycles. The van der Waals surface area contributed by atoms with Crippen molar-refractivity contribution in [3.05, 3.63) is 24.3 Å². The fourth-order valence-electron chi connectivity index (χ4n) is 5.18. The van der Waals surface area contributed by atoms with Gasteiger partial charge in [-0.2, -0.15) is 0 Å². The van der Waals surface area contributed by atoms with Crippen LogP contribution in [0.5, 0.6) is 0 Å². The number of esters is 2. The average Bonchev–Trinajstić information content (AvgIpc) is 2.56. The molecule has 2 aliphatic heterocycles. The van der Waals surface area contributed by atoms with Crippen molar-refractivity contribution in [1.82, 2.24) is 10.2 Å². The maximum absolute atomic E-state index is 11.6. The van der Waals surface area contributed by atoms with E-state index in [4.69, 9.17) is 9.47 Å². The van der Waals surface area contributed by atoms with Gasteiger partial charge in [-0.1, -0.05) is 13.2 Å². The second kappa shape index (κ2) is 10.3. The van der Waals surface area contributed by atoms with Gasteiger partial charge in [0.2, 0.25) is 0 Å². The Hall–Kier alpha value is -1.66. The van der Waals surface area contributed by atoms with Crippen molar-refractivity contribution in [1.29, 1.82) is 0 Å². The number of piperidine rings is 2. The van der Waals surface area contributed by atoms with Crippen molar-refractivity contribution in [3.63, 3.8) is 0 Å². The molecule has 0 aromatic rings. The lowest BCUT2D eigenvalue weighted by atomic mass is 9.79. The van der Waals surface area contributed by atoms with Crippen molar-refractivity contribution >= 4 is 11.9 Å². The van der Waals surface area contributed by atoms with E-state index < -0.39 is 0 Å². The molecule has 0 aliphatic carbocycles. The lowest BCUT2D eigenvalue weighted by molar-refractivity contribution is -0.154. The molecule has 0 radical (unpaired) electrons. The second-order valence-corrected chi connectivity index (χ2v) is 12.5. The zero-order chi connectivity index (χ0) is 26.0.